The minimum atomic E-state index is -2.10. The highest BCUT2D eigenvalue weighted by Gasteiger charge is 2.50. The zero-order valence-electron chi connectivity index (χ0n) is 35.8. The van der Waals surface area contributed by atoms with E-state index in [2.05, 4.69) is 5.32 Å². The largest absolute Gasteiger partial charge is 0.596 e. The maximum Gasteiger partial charge on any atom is 0.312 e. The Morgan fingerprint density at radius 3 is 2.23 bits per heavy atom. The molecule has 0 unspecified atom stereocenters. The summed E-state index contributed by atoms with van der Waals surface area (Å²) in [6.07, 6.45) is 4.29. The number of esters is 1. The molecule has 6 N–H and O–H groups in total. The summed E-state index contributed by atoms with van der Waals surface area (Å²) in [6, 6.07) is 0. The third-order valence-corrected chi connectivity index (χ3v) is 12.0. The van der Waals surface area contributed by atoms with Gasteiger partial charge in [0.2, 0.25) is 6.21 Å². The molecule has 0 radical (unpaired) electrons. The molecule has 6 rings (SSSR count). The molecule has 4 aliphatic rings. The fourth-order valence-electron chi connectivity index (χ4n) is 8.06. The van der Waals surface area contributed by atoms with Crippen LogP contribution in [0.5, 0.6) is 23.0 Å². The average molecular weight is 839 g/mol. The van der Waals surface area contributed by atoms with Crippen molar-refractivity contribution >= 4 is 40.3 Å². The minimum Gasteiger partial charge on any atom is -0.596 e. The number of amides is 1. The second-order valence-corrected chi connectivity index (χ2v) is 16.3. The molecule has 2 aromatic rings. The number of phenolic OH excluding ortho intramolecular Hbond substituents is 3. The molecule has 0 saturated carbocycles. The van der Waals surface area contributed by atoms with Gasteiger partial charge in [0.1, 0.15) is 34.6 Å². The molecule has 17 heteroatoms. The predicted molar refractivity (Wildman–Crippen MR) is 222 cm³/mol. The fourth-order valence-corrected chi connectivity index (χ4v) is 8.06. The Kier molecular flexibility index (Phi) is 13.8. The monoisotopic (exact) mass is 838 g/mol. The van der Waals surface area contributed by atoms with Gasteiger partial charge in [-0.1, -0.05) is 50.8 Å². The smallest absolute Gasteiger partial charge is 0.312 e. The highest BCUT2D eigenvalue weighted by Crippen LogP contribution is 2.55. The molecule has 328 valence electrons. The van der Waals surface area contributed by atoms with Gasteiger partial charge < -0.3 is 59.9 Å². The van der Waals surface area contributed by atoms with Crippen LogP contribution in [-0.2, 0) is 23.8 Å². The highest BCUT2D eigenvalue weighted by atomic mass is 16.7. The van der Waals surface area contributed by atoms with Gasteiger partial charge in [0, 0.05) is 74.2 Å². The fraction of sp³-hybridized carbons (Fsp3) is 0.535. The van der Waals surface area contributed by atoms with Crippen LogP contribution < -0.4 is 10.1 Å². The van der Waals surface area contributed by atoms with Crippen molar-refractivity contribution in [1.29, 1.82) is 0 Å². The first-order chi connectivity index (χ1) is 28.1. The van der Waals surface area contributed by atoms with Gasteiger partial charge in [-0.25, -0.2) is 0 Å². The number of aliphatic hydroxyl groups is 2. The van der Waals surface area contributed by atoms with Gasteiger partial charge in [-0.05, 0) is 27.0 Å². The van der Waals surface area contributed by atoms with Crippen molar-refractivity contribution in [2.75, 3.05) is 45.7 Å². The molecule has 1 saturated heterocycles. The molecule has 0 aliphatic carbocycles. The number of nitrogens with one attached hydrogen (secondary N) is 1. The van der Waals surface area contributed by atoms with E-state index in [-0.39, 0.29) is 38.8 Å². The summed E-state index contributed by atoms with van der Waals surface area (Å²) in [5.41, 5.74) is -0.917. The molecule has 4 heterocycles. The van der Waals surface area contributed by atoms with Crippen molar-refractivity contribution in [2.24, 2.45) is 23.7 Å². The Balaban J connectivity index is 1.73. The normalized spacial score (nSPS) is 31.9. The number of Topliss-reactive ketones (excluding diaryl/α,β-unsaturated/α-hetero) is 1. The number of fused-ring (bicyclic) bond motifs is 14. The summed E-state index contributed by atoms with van der Waals surface area (Å²) in [7, 11) is 3.33. The van der Waals surface area contributed by atoms with Gasteiger partial charge in [-0.3, -0.25) is 14.4 Å². The number of anilines is 1. The Morgan fingerprint density at radius 1 is 0.967 bits per heavy atom. The summed E-state index contributed by atoms with van der Waals surface area (Å²) in [4.78, 5) is 43.1. The van der Waals surface area contributed by atoms with Crippen molar-refractivity contribution in [3.63, 3.8) is 0 Å². The number of allylic oxidation sites excluding steroid dienone is 2. The van der Waals surface area contributed by atoms with Crippen LogP contribution in [0.2, 0.25) is 0 Å². The lowest BCUT2D eigenvalue weighted by atomic mass is 9.78. The van der Waals surface area contributed by atoms with Crippen LogP contribution in [0.15, 0.2) is 36.1 Å². The first-order valence-electron chi connectivity index (χ1n) is 20.0. The van der Waals surface area contributed by atoms with Gasteiger partial charge in [-0.15, -0.1) is 0 Å². The number of nitrogens with zero attached hydrogens (tertiary/aromatic N) is 3. The molecule has 1 amide bonds. The van der Waals surface area contributed by atoms with E-state index in [1.165, 1.54) is 58.2 Å². The zero-order valence-corrected chi connectivity index (χ0v) is 35.8. The number of hydrazone groups is 1. The maximum atomic E-state index is 14.4. The first kappa shape index (κ1) is 45.7. The Morgan fingerprint density at radius 2 is 1.62 bits per heavy atom. The van der Waals surface area contributed by atoms with E-state index in [0.717, 1.165) is 6.21 Å². The topological polar surface area (TPSA) is 234 Å². The van der Waals surface area contributed by atoms with E-state index in [0.29, 0.717) is 31.0 Å². The number of ether oxygens (including phenoxy) is 4. The zero-order chi connectivity index (χ0) is 44.5. The van der Waals surface area contributed by atoms with Gasteiger partial charge in [0.25, 0.3) is 11.7 Å². The highest BCUT2D eigenvalue weighted by molar-refractivity contribution is 6.23. The number of aromatic hydroxyl groups is 3. The maximum absolute atomic E-state index is 14.4. The molecule has 17 nitrogen and oxygen atoms in total. The number of aliphatic hydroxyl groups excluding tert-OH is 2. The standard InChI is InChI=1S/C43H58N4O13/c1-21-12-11-13-22(2)42(55)44-33-28(20-47(56)46-17-15-45(9)16-18-46)37(52)30-31(38(33)53)36(51)26(6)40-32(30)41(54)43(8,60-40)58-19-14-29(57-10)23(3)39(59-27(7)48)25(5)35(50)24(4)34(21)49/h11-14,19-21,23-25,29,34-35,39,49-53H,15-18H2,1-10H3,(H,44,55)/b12-11+,19-14+,22-13-,47-20?/t21-,23+,24+,25+,29-,34-,35+,39+,43-/m0/s1. The van der Waals surface area contributed by atoms with E-state index in [4.69, 9.17) is 18.9 Å². The number of benzene rings is 2. The number of methoxy groups -OCH3 is 1. The van der Waals surface area contributed by atoms with Crippen LogP contribution in [-0.4, -0.2) is 135 Å². The van der Waals surface area contributed by atoms with Gasteiger partial charge in [0.15, 0.2) is 5.75 Å². The second kappa shape index (κ2) is 18.1. The number of hydrazine groups is 1. The average Bonchev–Trinajstić information content (AvgIpc) is 3.47. The Bertz CT molecular complexity index is 2120. The third kappa shape index (κ3) is 8.75. The Hall–Kier alpha value is -5.36. The number of rotatable bonds is 4. The number of carbonyl (C=O) groups excluding carboxylic acids is 3. The van der Waals surface area contributed by atoms with Crippen LogP contribution in [0.4, 0.5) is 5.69 Å². The molecule has 9 atom stereocenters. The minimum absolute atomic E-state index is 0.00572. The number of phenols is 3. The molecule has 60 heavy (non-hydrogen) atoms. The Labute approximate surface area is 349 Å². The molecule has 1 fully saturated rings. The van der Waals surface area contributed by atoms with E-state index in [1.807, 2.05) is 11.9 Å². The van der Waals surface area contributed by atoms with Gasteiger partial charge >= 0.3 is 11.8 Å². The number of hydrogen-bond acceptors (Lipinski definition) is 15. The van der Waals surface area contributed by atoms with Crippen LogP contribution >= 0.6 is 0 Å². The van der Waals surface area contributed by atoms with Crippen molar-refractivity contribution in [1.82, 2.24) is 9.91 Å². The number of piperazine rings is 1. The van der Waals surface area contributed by atoms with Crippen molar-refractivity contribution in [3.05, 3.63) is 58.0 Å². The van der Waals surface area contributed by atoms with Crippen LogP contribution in [0.1, 0.15) is 70.0 Å². The summed E-state index contributed by atoms with van der Waals surface area (Å²) in [5, 5.41) is 75.4. The van der Waals surface area contributed by atoms with E-state index in [9.17, 15) is 45.1 Å². The summed E-state index contributed by atoms with van der Waals surface area (Å²) in [5.74, 6) is -9.04. The quantitative estimate of drug-likeness (QED) is 0.0488. The lowest BCUT2D eigenvalue weighted by Gasteiger charge is -2.38. The number of ketones is 1. The predicted octanol–water partition coefficient (Wildman–Crippen LogP) is 3.85. The van der Waals surface area contributed by atoms with Crippen LogP contribution in [0.3, 0.4) is 0 Å². The van der Waals surface area contributed by atoms with Gasteiger partial charge in [-0.2, -0.15) is 5.01 Å². The van der Waals surface area contributed by atoms with E-state index >= 15 is 0 Å². The second-order valence-electron chi connectivity index (χ2n) is 16.3. The van der Waals surface area contributed by atoms with Crippen molar-refractivity contribution in [3.8, 4) is 23.0 Å². The lowest BCUT2D eigenvalue weighted by molar-refractivity contribution is -0.636. The summed E-state index contributed by atoms with van der Waals surface area (Å²) in [6.45, 7) is 14.1. The molecule has 5 bridgehead atoms. The summed E-state index contributed by atoms with van der Waals surface area (Å²) >= 11 is 0. The number of carbonyl (C=O) groups is 3. The number of hydrogen-bond donors (Lipinski definition) is 6. The molecule has 2 aromatic carbocycles. The van der Waals surface area contributed by atoms with Crippen molar-refractivity contribution < 1.29 is 63.7 Å². The number of likely N-dealkylation sites (N-methyl/N-ethyl adjacent to an activating group) is 1. The molecular weight excluding hydrogens is 780 g/mol. The molecule has 0 aromatic heterocycles. The molecule has 4 aliphatic heterocycles. The summed E-state index contributed by atoms with van der Waals surface area (Å²) < 4.78 is 23.5. The first-order valence-corrected chi connectivity index (χ1v) is 20.0. The van der Waals surface area contributed by atoms with E-state index < -0.39 is 94.5 Å². The van der Waals surface area contributed by atoms with Gasteiger partial charge in [0.05, 0.1) is 48.6 Å². The van der Waals surface area contributed by atoms with Crippen LogP contribution in [0, 0.1) is 35.8 Å². The van der Waals surface area contributed by atoms with Crippen LogP contribution in [0.25, 0.3) is 10.8 Å². The van der Waals surface area contributed by atoms with E-state index in [1.54, 1.807) is 39.8 Å². The molecule has 0 spiro atoms. The lowest BCUT2D eigenvalue weighted by Crippen LogP contribution is -2.47. The SMILES string of the molecule is CO[C@H]1/C=C/O[C@@]2(C)Oc3c(C)c(O)c4c(O)c(c(C=[N+]([O-])N5CCN(C)CC5)c(O)c4c3C2=O)NC(=O)/C(C)=C\C=C\[C@H](C)[C@H](O)[C@@H](C)[C@@H](O)[C@@H](C)[C@H](OC(C)=O)[C@@H]1C. The molecular formula is C43H58N4O13. The third-order valence-electron chi connectivity index (χ3n) is 12.0. The van der Waals surface area contributed by atoms with Crippen molar-refractivity contribution in [2.45, 2.75) is 85.6 Å².